The molecule has 0 fully saturated rings. The van der Waals surface area contributed by atoms with Gasteiger partial charge < -0.3 is 17.2 Å². The summed E-state index contributed by atoms with van der Waals surface area (Å²) in [5.74, 6) is 1.78. The van der Waals surface area contributed by atoms with Crippen LogP contribution in [0.3, 0.4) is 0 Å². The van der Waals surface area contributed by atoms with Crippen LogP contribution >= 0.6 is 23.5 Å². The van der Waals surface area contributed by atoms with Gasteiger partial charge in [-0.2, -0.15) is 11.8 Å². The number of nitrogens with zero attached hydrogens (tertiary/aromatic N) is 1. The van der Waals surface area contributed by atoms with Gasteiger partial charge in [-0.3, -0.25) is 4.98 Å². The Kier molecular flexibility index (Phi) is 17.6. The molecule has 6 N–H and O–H groups in total. The van der Waals surface area contributed by atoms with Crippen molar-refractivity contribution in [3.05, 3.63) is 181 Å². The predicted octanol–water partition coefficient (Wildman–Crippen LogP) is 13.1. The van der Waals surface area contributed by atoms with E-state index in [1.165, 1.54) is 29.3 Å². The first kappa shape index (κ1) is 43.2. The third-order valence-corrected chi connectivity index (χ3v) is 10.4. The van der Waals surface area contributed by atoms with E-state index in [-0.39, 0.29) is 0 Å². The fourth-order valence-corrected chi connectivity index (χ4v) is 7.63. The van der Waals surface area contributed by atoms with Gasteiger partial charge in [-0.25, -0.2) is 0 Å². The van der Waals surface area contributed by atoms with Gasteiger partial charge >= 0.3 is 0 Å². The topological polar surface area (TPSA) is 90.9 Å². The third kappa shape index (κ3) is 10.4. The van der Waals surface area contributed by atoms with Gasteiger partial charge in [-0.15, -0.1) is 11.8 Å². The van der Waals surface area contributed by atoms with Crippen molar-refractivity contribution in [3.8, 4) is 44.5 Å². The summed E-state index contributed by atoms with van der Waals surface area (Å²) in [6.45, 7) is 12.6. The summed E-state index contributed by atoms with van der Waals surface area (Å²) in [4.78, 5) is 4.86. The van der Waals surface area contributed by atoms with E-state index in [2.05, 4.69) is 146 Å². The van der Waals surface area contributed by atoms with E-state index in [0.29, 0.717) is 0 Å². The Hall–Kier alpha value is -5.53. The summed E-state index contributed by atoms with van der Waals surface area (Å²) < 4.78 is 0. The first-order valence-electron chi connectivity index (χ1n) is 18.8. The van der Waals surface area contributed by atoms with Crippen molar-refractivity contribution >= 4 is 52.0 Å². The van der Waals surface area contributed by atoms with E-state index in [1.54, 1.807) is 35.9 Å². The number of benzene rings is 5. The zero-order chi connectivity index (χ0) is 40.3. The molecule has 0 aliphatic carbocycles. The van der Waals surface area contributed by atoms with Gasteiger partial charge in [-0.1, -0.05) is 130 Å². The van der Waals surface area contributed by atoms with Gasteiger partial charge in [0.05, 0.1) is 5.69 Å². The average molecular weight is 775 g/mol. The van der Waals surface area contributed by atoms with Crippen molar-refractivity contribution in [3.63, 3.8) is 0 Å². The molecule has 6 heteroatoms. The second-order valence-corrected chi connectivity index (χ2v) is 14.1. The molecule has 0 bridgehead atoms. The number of aromatic nitrogens is 1. The highest BCUT2D eigenvalue weighted by Gasteiger charge is 2.20. The van der Waals surface area contributed by atoms with Crippen molar-refractivity contribution in [2.45, 2.75) is 26.0 Å². The number of hydrogen-bond acceptors (Lipinski definition) is 6. The molecule has 0 unspecified atom stereocenters. The molecule has 0 amide bonds. The fourth-order valence-electron chi connectivity index (χ4n) is 6.64. The molecule has 1 heterocycles. The lowest BCUT2D eigenvalue weighted by Crippen LogP contribution is -2.00. The van der Waals surface area contributed by atoms with E-state index >= 15 is 0 Å². The summed E-state index contributed by atoms with van der Waals surface area (Å²) in [5.41, 5.74) is 30.4. The first-order chi connectivity index (χ1) is 27.6. The highest BCUT2D eigenvalue weighted by atomic mass is 32.2. The summed E-state index contributed by atoms with van der Waals surface area (Å²) in [5, 5.41) is 4.08. The van der Waals surface area contributed by atoms with Crippen LogP contribution in [-0.4, -0.2) is 24.0 Å². The van der Waals surface area contributed by atoms with Crippen LogP contribution in [0.4, 0.5) is 0 Å². The predicted molar refractivity (Wildman–Crippen MR) is 254 cm³/mol. The van der Waals surface area contributed by atoms with Gasteiger partial charge in [-0.05, 0) is 127 Å². The molecule has 5 aromatic carbocycles. The Morgan fingerprint density at radius 3 is 1.79 bits per heavy atom. The van der Waals surface area contributed by atoms with E-state index in [4.69, 9.17) is 16.5 Å². The molecule has 4 nitrogen and oxygen atoms in total. The molecule has 56 heavy (non-hydrogen) atoms. The number of thioether (sulfide) groups is 2. The molecular weight excluding hydrogens is 721 g/mol. The van der Waals surface area contributed by atoms with Gasteiger partial charge in [0.25, 0.3) is 0 Å². The minimum Gasteiger partial charge on any atom is -0.404 e. The zero-order valence-electron chi connectivity index (χ0n) is 33.0. The van der Waals surface area contributed by atoms with Crippen LogP contribution in [0.1, 0.15) is 42.7 Å². The SMILES string of the molecule is C=Cc1c(C=C)c(-c2ccc(CSC)nc2)c2cc(-c3cc(-c4ccccc4)cc(-c4ccccc4)c3)ccc2c1C(/C=C\CCS/C=C\N)=C/N.CC.CN. The van der Waals surface area contributed by atoms with Gasteiger partial charge in [0.15, 0.2) is 0 Å². The fraction of sp³-hybridized carbons (Fsp3) is 0.140. The number of allylic oxidation sites excluding steroid dienone is 3. The van der Waals surface area contributed by atoms with Crippen LogP contribution < -0.4 is 17.2 Å². The third-order valence-electron chi connectivity index (χ3n) is 9.02. The van der Waals surface area contributed by atoms with Gasteiger partial charge in [0, 0.05) is 35.7 Å². The molecule has 0 radical (unpaired) electrons. The van der Waals surface area contributed by atoms with Crippen LogP contribution in [0.2, 0.25) is 0 Å². The molecule has 1 aromatic heterocycles. The second-order valence-electron chi connectivity index (χ2n) is 12.3. The summed E-state index contributed by atoms with van der Waals surface area (Å²) in [7, 11) is 1.50. The smallest absolute Gasteiger partial charge is 0.0502 e. The van der Waals surface area contributed by atoms with Crippen LogP contribution in [0.25, 0.3) is 73.0 Å². The molecule has 6 aromatic rings. The normalized spacial score (nSPS) is 11.2. The van der Waals surface area contributed by atoms with Crippen molar-refractivity contribution < 1.29 is 0 Å². The number of fused-ring (bicyclic) bond motifs is 1. The second kappa shape index (κ2) is 22.8. The molecule has 0 saturated carbocycles. The quantitative estimate of drug-likeness (QED) is 0.0754. The zero-order valence-corrected chi connectivity index (χ0v) is 34.7. The Morgan fingerprint density at radius 1 is 0.679 bits per heavy atom. The van der Waals surface area contributed by atoms with E-state index in [1.807, 2.05) is 37.6 Å². The van der Waals surface area contributed by atoms with Crippen molar-refractivity contribution in [1.82, 2.24) is 4.98 Å². The maximum Gasteiger partial charge on any atom is 0.0502 e. The largest absolute Gasteiger partial charge is 0.404 e. The number of pyridine rings is 1. The number of rotatable bonds is 14. The van der Waals surface area contributed by atoms with Crippen molar-refractivity contribution in [2.75, 3.05) is 19.1 Å². The molecule has 0 aliphatic heterocycles. The number of hydrogen-bond donors (Lipinski definition) is 3. The van der Waals surface area contributed by atoms with Gasteiger partial charge in [0.2, 0.25) is 0 Å². The summed E-state index contributed by atoms with van der Waals surface area (Å²) >= 11 is 3.45. The Labute approximate surface area is 343 Å². The van der Waals surface area contributed by atoms with Crippen LogP contribution in [-0.2, 0) is 5.75 Å². The van der Waals surface area contributed by atoms with Crippen LogP contribution in [0.5, 0.6) is 0 Å². The molecule has 6 rings (SSSR count). The van der Waals surface area contributed by atoms with E-state index < -0.39 is 0 Å². The Bertz CT molecular complexity index is 2220. The minimum absolute atomic E-state index is 0.857. The Balaban J connectivity index is 0.00000169. The lowest BCUT2D eigenvalue weighted by atomic mass is 9.82. The molecule has 0 saturated heterocycles. The van der Waals surface area contributed by atoms with Crippen molar-refractivity contribution in [2.24, 2.45) is 17.2 Å². The maximum atomic E-state index is 6.41. The minimum atomic E-state index is 0.857. The molecule has 0 atom stereocenters. The van der Waals surface area contributed by atoms with Crippen LogP contribution in [0.15, 0.2) is 159 Å². The average Bonchev–Trinajstić information content (AvgIpc) is 3.27. The maximum absolute atomic E-state index is 6.41. The highest BCUT2D eigenvalue weighted by Crippen LogP contribution is 2.44. The highest BCUT2D eigenvalue weighted by molar-refractivity contribution is 8.02. The Morgan fingerprint density at radius 2 is 1.27 bits per heavy atom. The molecule has 0 aliphatic rings. The summed E-state index contributed by atoms with van der Waals surface area (Å²) in [6, 6.07) is 39.1. The molecule has 286 valence electrons. The number of nitrogens with two attached hydrogens (primary N) is 3. The van der Waals surface area contributed by atoms with Crippen LogP contribution in [0, 0.1) is 0 Å². The van der Waals surface area contributed by atoms with E-state index in [0.717, 1.165) is 78.9 Å². The lowest BCUT2D eigenvalue weighted by molar-refractivity contribution is 1.18. The van der Waals surface area contributed by atoms with E-state index in [9.17, 15) is 0 Å². The molecule has 0 spiro atoms. The lowest BCUT2D eigenvalue weighted by Gasteiger charge is -2.21. The monoisotopic (exact) mass is 774 g/mol. The molecular formula is C50H54N4S2. The standard InChI is InChI=1S/C47H43N3S2.C2H6.CH5N/c1-4-42-43(5-2)47(37-19-21-41(32-51-3)50-31-37)45-29-35(20-22-44(45)46(42)36(30-49)18-12-13-24-52-25-23-48)40-27-38(33-14-8-6-9-15-33)26-39(28-40)34-16-10-7-11-17-34;2*1-2/h4-12,14-23,25-31H,1-2,13,24,32,48-49H2,3H3;1-2H3;2H2,1H3/b18-12-,25-23-,36-30+;;. The van der Waals surface area contributed by atoms with Crippen molar-refractivity contribution in [1.29, 1.82) is 0 Å². The van der Waals surface area contributed by atoms with Gasteiger partial charge in [0.1, 0.15) is 0 Å². The summed E-state index contributed by atoms with van der Waals surface area (Å²) in [6.07, 6.45) is 16.4. The first-order valence-corrected chi connectivity index (χ1v) is 21.3.